The van der Waals surface area contributed by atoms with Crippen LogP contribution < -0.4 is 10.6 Å². The highest BCUT2D eigenvalue weighted by Gasteiger charge is 2.36. The molecule has 1 aromatic carbocycles. The fourth-order valence-electron chi connectivity index (χ4n) is 6.49. The minimum Gasteiger partial charge on any atom is -0.453 e. The van der Waals surface area contributed by atoms with Gasteiger partial charge in [0.1, 0.15) is 23.7 Å². The molecule has 14 heteroatoms. The first-order valence-corrected chi connectivity index (χ1v) is 16.6. The van der Waals surface area contributed by atoms with E-state index in [1.807, 2.05) is 12.4 Å². The number of nitrogens with zero attached hydrogens (tertiary/aromatic N) is 4. The molecule has 14 nitrogen and oxygen atoms in total. The van der Waals surface area contributed by atoms with Crippen molar-refractivity contribution in [3.8, 4) is 0 Å². The van der Waals surface area contributed by atoms with Crippen LogP contribution in [0, 0.1) is 0 Å². The van der Waals surface area contributed by atoms with Gasteiger partial charge in [-0.3, -0.25) is 9.59 Å². The van der Waals surface area contributed by atoms with E-state index in [-0.39, 0.29) is 23.9 Å². The molecule has 4 atom stereocenters. The van der Waals surface area contributed by atoms with Crippen LogP contribution in [0.15, 0.2) is 36.7 Å². The molecule has 48 heavy (non-hydrogen) atoms. The number of hydrogen-bond acceptors (Lipinski definition) is 8. The molecule has 5 rings (SSSR count). The van der Waals surface area contributed by atoms with Crippen molar-refractivity contribution in [3.05, 3.63) is 70.8 Å². The minimum absolute atomic E-state index is 0.142. The van der Waals surface area contributed by atoms with Gasteiger partial charge < -0.3 is 39.9 Å². The summed E-state index contributed by atoms with van der Waals surface area (Å²) in [5, 5.41) is 5.11. The Bertz CT molecular complexity index is 1450. The number of likely N-dealkylation sites (tertiary alicyclic amines) is 2. The maximum Gasteiger partial charge on any atom is 0.407 e. The van der Waals surface area contributed by atoms with Gasteiger partial charge in [0, 0.05) is 31.2 Å². The number of carbonyl (C=O) groups is 4. The lowest BCUT2D eigenvalue weighted by molar-refractivity contribution is -0.134. The standard InChI is InChI=1S/C34H46N8O6/c1-21(37-33(45)47-3)31(43)41-17-5-7-27(41)29-35-19-25(39-29)15-13-23-9-11-24(12-10-23)14-16-26-20-36-30(40-26)28-8-6-18-42(28)32(44)22(2)38-34(46)48-4/h9-12,19-22,27-28H,5-8,13-18H2,1-4H3,(H,35,39)(H,36,40)(H,37,45)(H,38,46)/t21-,22-,27-,28-/m0/s1. The van der Waals surface area contributed by atoms with Crippen LogP contribution in [0.4, 0.5) is 9.59 Å². The van der Waals surface area contributed by atoms with E-state index < -0.39 is 24.3 Å². The van der Waals surface area contributed by atoms with Gasteiger partial charge in [-0.15, -0.1) is 0 Å². The second kappa shape index (κ2) is 15.8. The van der Waals surface area contributed by atoms with Crippen molar-refractivity contribution >= 4 is 24.0 Å². The van der Waals surface area contributed by atoms with Crippen molar-refractivity contribution < 1.29 is 28.7 Å². The Kier molecular flexibility index (Phi) is 11.3. The predicted octanol–water partition coefficient (Wildman–Crippen LogP) is 3.52. The average molecular weight is 663 g/mol. The van der Waals surface area contributed by atoms with Crippen LogP contribution in [0.5, 0.6) is 0 Å². The molecule has 2 saturated heterocycles. The first-order chi connectivity index (χ1) is 23.2. The molecule has 0 aliphatic carbocycles. The minimum atomic E-state index is -0.680. The average Bonchev–Trinajstić information content (AvgIpc) is 3.92. The number of methoxy groups -OCH3 is 2. The Hall–Kier alpha value is -4.88. The zero-order valence-corrected chi connectivity index (χ0v) is 28.1. The Morgan fingerprint density at radius 2 is 1.33 bits per heavy atom. The molecule has 258 valence electrons. The first kappa shape index (κ1) is 34.5. The Morgan fingerprint density at radius 3 is 1.88 bits per heavy atom. The molecule has 0 saturated carbocycles. The number of ether oxygens (including phenoxy) is 2. The van der Waals surface area contributed by atoms with Gasteiger partial charge in [0.2, 0.25) is 11.8 Å². The summed E-state index contributed by atoms with van der Waals surface area (Å²) in [5.74, 6) is 1.25. The number of carbonyl (C=O) groups excluding carboxylic acids is 4. The van der Waals surface area contributed by atoms with Gasteiger partial charge in [-0.05, 0) is 76.3 Å². The van der Waals surface area contributed by atoms with E-state index >= 15 is 0 Å². The molecule has 2 fully saturated rings. The maximum atomic E-state index is 13.0. The van der Waals surface area contributed by atoms with Crippen LogP contribution in [0.2, 0.25) is 0 Å². The molecule has 0 bridgehead atoms. The molecule has 0 spiro atoms. The molecule has 4 N–H and O–H groups in total. The van der Waals surface area contributed by atoms with Crippen molar-refractivity contribution in [3.63, 3.8) is 0 Å². The van der Waals surface area contributed by atoms with Gasteiger partial charge in [0.15, 0.2) is 0 Å². The summed E-state index contributed by atoms with van der Waals surface area (Å²) in [4.78, 5) is 68.8. The van der Waals surface area contributed by atoms with Crippen molar-refractivity contribution in [2.75, 3.05) is 27.3 Å². The summed E-state index contributed by atoms with van der Waals surface area (Å²) < 4.78 is 9.25. The van der Waals surface area contributed by atoms with Gasteiger partial charge in [0.25, 0.3) is 0 Å². The van der Waals surface area contributed by atoms with Crippen molar-refractivity contribution in [2.45, 2.75) is 89.4 Å². The summed E-state index contributed by atoms with van der Waals surface area (Å²) in [6.07, 6.45) is 9.15. The SMILES string of the molecule is COC(=O)N[C@@H](C)C(=O)N1CCC[C@H]1c1nc(CCc2ccc(CCc3cnc([C@@H]4CCCN4C(=O)[C@H](C)NC(=O)OC)[nH]3)cc2)c[nH]1. The largest absolute Gasteiger partial charge is 0.453 e. The maximum absolute atomic E-state index is 13.0. The fraction of sp³-hybridized carbons (Fsp3) is 0.529. The summed E-state index contributed by atoms with van der Waals surface area (Å²) in [6, 6.07) is 6.97. The Morgan fingerprint density at radius 1 is 0.812 bits per heavy atom. The van der Waals surface area contributed by atoms with E-state index in [1.54, 1.807) is 23.6 Å². The normalized spacial score (nSPS) is 18.8. The molecule has 0 unspecified atom stereocenters. The molecule has 2 aliphatic rings. The van der Waals surface area contributed by atoms with Gasteiger partial charge in [-0.2, -0.15) is 0 Å². The van der Waals surface area contributed by atoms with E-state index in [9.17, 15) is 19.2 Å². The van der Waals surface area contributed by atoms with Crippen molar-refractivity contribution in [1.29, 1.82) is 0 Å². The van der Waals surface area contributed by atoms with E-state index in [4.69, 9.17) is 4.98 Å². The monoisotopic (exact) mass is 662 g/mol. The number of alkyl carbamates (subject to hydrolysis) is 2. The first-order valence-electron chi connectivity index (χ1n) is 16.6. The highest BCUT2D eigenvalue weighted by Crippen LogP contribution is 2.32. The Labute approximate surface area is 280 Å². The smallest absolute Gasteiger partial charge is 0.407 e. The highest BCUT2D eigenvalue weighted by atomic mass is 16.5. The number of benzene rings is 1. The molecule has 2 aromatic heterocycles. The van der Waals surface area contributed by atoms with Crippen LogP contribution in [-0.4, -0.2) is 93.1 Å². The third-order valence-electron chi connectivity index (χ3n) is 9.16. The number of hydrogen-bond donors (Lipinski definition) is 4. The lowest BCUT2D eigenvalue weighted by atomic mass is 10.0. The van der Waals surface area contributed by atoms with Crippen LogP contribution in [0.3, 0.4) is 0 Å². The number of amides is 4. The number of aryl methyl sites for hydroxylation is 4. The van der Waals surface area contributed by atoms with Crippen molar-refractivity contribution in [1.82, 2.24) is 40.4 Å². The van der Waals surface area contributed by atoms with E-state index in [1.165, 1.54) is 25.3 Å². The van der Waals surface area contributed by atoms with Gasteiger partial charge in [-0.1, -0.05) is 24.3 Å². The fourth-order valence-corrected chi connectivity index (χ4v) is 6.49. The third kappa shape index (κ3) is 8.33. The van der Waals surface area contributed by atoms with Crippen LogP contribution in [-0.2, 0) is 44.7 Å². The molecule has 4 heterocycles. The van der Waals surface area contributed by atoms with Crippen LogP contribution >= 0.6 is 0 Å². The molecular formula is C34H46N8O6. The van der Waals surface area contributed by atoms with Crippen LogP contribution in [0.1, 0.15) is 85.8 Å². The Balaban J connectivity index is 1.09. The quantitative estimate of drug-likeness (QED) is 0.228. The van der Waals surface area contributed by atoms with Gasteiger partial charge >= 0.3 is 12.2 Å². The zero-order chi connectivity index (χ0) is 34.2. The van der Waals surface area contributed by atoms with E-state index in [0.717, 1.165) is 74.4 Å². The van der Waals surface area contributed by atoms with Crippen LogP contribution in [0.25, 0.3) is 0 Å². The predicted molar refractivity (Wildman–Crippen MR) is 176 cm³/mol. The molecular weight excluding hydrogens is 616 g/mol. The number of aromatic nitrogens is 4. The number of nitrogens with one attached hydrogen (secondary N) is 4. The summed E-state index contributed by atoms with van der Waals surface area (Å²) in [6.45, 7) is 4.56. The lowest BCUT2D eigenvalue weighted by Gasteiger charge is -2.26. The topological polar surface area (TPSA) is 175 Å². The molecule has 3 aromatic rings. The molecule has 0 radical (unpaired) electrons. The number of aromatic amines is 2. The lowest BCUT2D eigenvalue weighted by Crippen LogP contribution is -2.46. The van der Waals surface area contributed by atoms with E-state index in [0.29, 0.717) is 13.1 Å². The molecule has 2 aliphatic heterocycles. The molecule has 4 amide bonds. The summed E-state index contributed by atoms with van der Waals surface area (Å²) in [7, 11) is 2.55. The second-order valence-corrected chi connectivity index (χ2v) is 12.5. The van der Waals surface area contributed by atoms with Gasteiger partial charge in [0.05, 0.1) is 32.0 Å². The number of rotatable bonds is 12. The highest BCUT2D eigenvalue weighted by molar-refractivity contribution is 5.86. The number of imidazole rings is 2. The third-order valence-corrected chi connectivity index (χ3v) is 9.16. The summed E-state index contributed by atoms with van der Waals surface area (Å²) in [5.41, 5.74) is 4.40. The second-order valence-electron chi connectivity index (χ2n) is 12.5. The number of H-pyrrole nitrogens is 2. The van der Waals surface area contributed by atoms with E-state index in [2.05, 4.69) is 59.3 Å². The van der Waals surface area contributed by atoms with Crippen molar-refractivity contribution in [2.24, 2.45) is 0 Å². The summed E-state index contributed by atoms with van der Waals surface area (Å²) >= 11 is 0. The van der Waals surface area contributed by atoms with Gasteiger partial charge in [-0.25, -0.2) is 19.6 Å². The zero-order valence-electron chi connectivity index (χ0n) is 28.1.